The molecule has 4 aromatic rings. The van der Waals surface area contributed by atoms with Crippen molar-refractivity contribution in [2.45, 2.75) is 23.6 Å². The Kier molecular flexibility index (Phi) is 13.7. The van der Waals surface area contributed by atoms with Gasteiger partial charge in [0.15, 0.2) is 0 Å². The normalized spacial score (nSPS) is 17.9. The maximum absolute atomic E-state index is 14.0. The first-order chi connectivity index (χ1) is 26.9. The molecule has 2 aliphatic heterocycles. The van der Waals surface area contributed by atoms with Crippen LogP contribution in [0.3, 0.4) is 0 Å². The Morgan fingerprint density at radius 1 is 0.429 bits per heavy atom. The van der Waals surface area contributed by atoms with Crippen LogP contribution in [0.15, 0.2) is 119 Å². The number of amides is 2. The third kappa shape index (κ3) is 10.3. The summed E-state index contributed by atoms with van der Waals surface area (Å²) in [6, 6.07) is 31.7. The smallest absolute Gasteiger partial charge is 0.253 e. The van der Waals surface area contributed by atoms with Crippen LogP contribution in [0.2, 0.25) is 0 Å². The van der Waals surface area contributed by atoms with Gasteiger partial charge in [-0.3, -0.25) is 19.4 Å². The lowest BCUT2D eigenvalue weighted by atomic mass is 10.2. The van der Waals surface area contributed by atoms with E-state index in [4.69, 9.17) is 0 Å². The topological polar surface area (TPSA) is 122 Å². The number of rotatable bonds is 9. The summed E-state index contributed by atoms with van der Waals surface area (Å²) < 4.78 is 58.8. The van der Waals surface area contributed by atoms with Crippen LogP contribution in [-0.2, 0) is 20.0 Å². The molecule has 0 radical (unpaired) electrons. The molecule has 14 heteroatoms. The van der Waals surface area contributed by atoms with E-state index in [9.17, 15) is 26.4 Å². The third-order valence-electron chi connectivity index (χ3n) is 10.6. The highest BCUT2D eigenvalue weighted by Crippen LogP contribution is 2.20. The molecule has 0 bridgehead atoms. The second-order valence-electron chi connectivity index (χ2n) is 14.4. The van der Waals surface area contributed by atoms with E-state index in [0.717, 1.165) is 11.1 Å². The zero-order chi connectivity index (χ0) is 39.7. The molecule has 56 heavy (non-hydrogen) atoms. The minimum absolute atomic E-state index is 0.154. The van der Waals surface area contributed by atoms with Gasteiger partial charge in [0, 0.05) is 103 Å². The SMILES string of the molecule is Cc1ccc(S(=O)(=O)N2CCN(CCN3CCN(C(=O)c4ccccc4)CCN(S(=O)(=O)c4ccc(C)cc4)CC3)CCN(C(=O)c3ccccc3)CC2)cc1. The van der Waals surface area contributed by atoms with Crippen molar-refractivity contribution in [1.29, 1.82) is 0 Å². The Labute approximate surface area is 332 Å². The van der Waals surface area contributed by atoms with Crippen molar-refractivity contribution >= 4 is 31.9 Å². The van der Waals surface area contributed by atoms with Crippen LogP contribution in [0.5, 0.6) is 0 Å². The van der Waals surface area contributed by atoms with E-state index in [1.54, 1.807) is 82.6 Å². The molecule has 6 rings (SSSR count). The van der Waals surface area contributed by atoms with Crippen molar-refractivity contribution in [2.75, 3.05) is 91.6 Å². The Morgan fingerprint density at radius 2 is 0.732 bits per heavy atom. The lowest BCUT2D eigenvalue weighted by Gasteiger charge is -2.30. The van der Waals surface area contributed by atoms with Crippen molar-refractivity contribution in [3.8, 4) is 0 Å². The number of carbonyl (C=O) groups excluding carboxylic acids is 2. The molecule has 2 saturated heterocycles. The molecule has 0 saturated carbocycles. The van der Waals surface area contributed by atoms with E-state index < -0.39 is 20.0 Å². The molecule has 0 spiro atoms. The second-order valence-corrected chi connectivity index (χ2v) is 18.3. The van der Waals surface area contributed by atoms with Crippen LogP contribution >= 0.6 is 0 Å². The fourth-order valence-electron chi connectivity index (χ4n) is 7.03. The van der Waals surface area contributed by atoms with E-state index >= 15 is 0 Å². The quantitative estimate of drug-likeness (QED) is 0.250. The minimum Gasteiger partial charge on any atom is -0.336 e. The van der Waals surface area contributed by atoms with Crippen LogP contribution < -0.4 is 0 Å². The summed E-state index contributed by atoms with van der Waals surface area (Å²) in [5, 5.41) is 0. The minimum atomic E-state index is -3.84. The number of carbonyl (C=O) groups is 2. The molecular weight excluding hydrogens is 749 g/mol. The predicted octanol–water partition coefficient (Wildman–Crippen LogP) is 3.90. The molecular formula is C42H52N6O6S2. The molecule has 2 amide bonds. The Hall–Kier alpha value is -4.44. The average molecular weight is 801 g/mol. The number of benzene rings is 4. The Balaban J connectivity index is 1.22. The fourth-order valence-corrected chi connectivity index (χ4v) is 9.87. The van der Waals surface area contributed by atoms with Crippen molar-refractivity contribution in [3.63, 3.8) is 0 Å². The summed E-state index contributed by atoms with van der Waals surface area (Å²) in [7, 11) is -7.69. The zero-order valence-corrected chi connectivity index (χ0v) is 33.9. The van der Waals surface area contributed by atoms with Gasteiger partial charge in [-0.2, -0.15) is 8.61 Å². The van der Waals surface area contributed by atoms with Gasteiger partial charge in [0.25, 0.3) is 11.8 Å². The summed E-state index contributed by atoms with van der Waals surface area (Å²) in [5.74, 6) is -0.309. The highest BCUT2D eigenvalue weighted by Gasteiger charge is 2.31. The highest BCUT2D eigenvalue weighted by molar-refractivity contribution is 7.89. The number of aryl methyl sites for hydroxylation is 2. The Bertz CT molecular complexity index is 1980. The number of hydrogen-bond acceptors (Lipinski definition) is 8. The van der Waals surface area contributed by atoms with Gasteiger partial charge in [-0.1, -0.05) is 71.8 Å². The van der Waals surface area contributed by atoms with Gasteiger partial charge < -0.3 is 9.80 Å². The van der Waals surface area contributed by atoms with Gasteiger partial charge in [-0.05, 0) is 62.4 Å². The highest BCUT2D eigenvalue weighted by atomic mass is 32.2. The Morgan fingerprint density at radius 3 is 1.09 bits per heavy atom. The summed E-state index contributed by atoms with van der Waals surface area (Å²) >= 11 is 0. The molecule has 12 nitrogen and oxygen atoms in total. The first-order valence-electron chi connectivity index (χ1n) is 19.2. The maximum Gasteiger partial charge on any atom is 0.253 e. The van der Waals surface area contributed by atoms with E-state index in [-0.39, 0.29) is 60.9 Å². The van der Waals surface area contributed by atoms with Crippen molar-refractivity contribution in [1.82, 2.24) is 28.2 Å². The van der Waals surface area contributed by atoms with Crippen molar-refractivity contribution in [3.05, 3.63) is 131 Å². The zero-order valence-electron chi connectivity index (χ0n) is 32.2. The summed E-state index contributed by atoms with van der Waals surface area (Å²) in [6.45, 7) is 8.96. The van der Waals surface area contributed by atoms with Crippen LogP contribution in [0.4, 0.5) is 0 Å². The van der Waals surface area contributed by atoms with E-state index in [1.807, 2.05) is 50.2 Å². The second kappa shape index (κ2) is 18.7. The maximum atomic E-state index is 14.0. The van der Waals surface area contributed by atoms with Gasteiger partial charge in [0.2, 0.25) is 20.0 Å². The lowest BCUT2D eigenvalue weighted by molar-refractivity contribution is 0.0723. The van der Waals surface area contributed by atoms with Crippen molar-refractivity contribution in [2.24, 2.45) is 0 Å². The summed E-state index contributed by atoms with van der Waals surface area (Å²) in [4.78, 5) is 35.7. The lowest BCUT2D eigenvalue weighted by Crippen LogP contribution is -2.45. The van der Waals surface area contributed by atoms with E-state index in [1.165, 1.54) is 8.61 Å². The first kappa shape index (κ1) is 41.2. The largest absolute Gasteiger partial charge is 0.336 e. The molecule has 0 N–H and O–H groups in total. The standard InChI is InChI=1S/C42H52N6O6S2/c1-35-13-17-39(18-14-35)55(51,52)47-31-25-43(23-27-45(29-33-47)41(49)37-9-5-3-6-10-37)21-22-44-24-28-46(42(50)38-11-7-4-8-12-38)30-34-48(32-26-44)56(53,54)40-19-15-36(2)16-20-40/h3-20H,21-34H2,1-2H3. The van der Waals surface area contributed by atoms with Crippen molar-refractivity contribution < 1.29 is 26.4 Å². The van der Waals surface area contributed by atoms with Gasteiger partial charge in [0.1, 0.15) is 0 Å². The van der Waals surface area contributed by atoms with Gasteiger partial charge >= 0.3 is 0 Å². The van der Waals surface area contributed by atoms with Crippen LogP contribution in [0, 0.1) is 13.8 Å². The molecule has 2 heterocycles. The molecule has 0 atom stereocenters. The monoisotopic (exact) mass is 800 g/mol. The van der Waals surface area contributed by atoms with Crippen LogP contribution in [0.1, 0.15) is 31.8 Å². The van der Waals surface area contributed by atoms with Crippen LogP contribution in [-0.4, -0.2) is 148 Å². The van der Waals surface area contributed by atoms with Gasteiger partial charge in [-0.25, -0.2) is 16.8 Å². The van der Waals surface area contributed by atoms with Gasteiger partial charge in [0.05, 0.1) is 9.79 Å². The molecule has 0 aromatic heterocycles. The average Bonchev–Trinajstić information content (AvgIpc) is 3.39. The fraction of sp³-hybridized carbons (Fsp3) is 0.381. The van der Waals surface area contributed by atoms with Gasteiger partial charge in [-0.15, -0.1) is 0 Å². The predicted molar refractivity (Wildman–Crippen MR) is 217 cm³/mol. The van der Waals surface area contributed by atoms with E-state index in [2.05, 4.69) is 9.80 Å². The molecule has 0 unspecified atom stereocenters. The number of sulfonamides is 2. The first-order valence-corrected chi connectivity index (χ1v) is 22.1. The molecule has 4 aromatic carbocycles. The molecule has 2 fully saturated rings. The molecule has 0 aliphatic carbocycles. The number of nitrogens with zero attached hydrogens (tertiary/aromatic N) is 6. The third-order valence-corrected chi connectivity index (χ3v) is 14.4. The summed E-state index contributed by atoms with van der Waals surface area (Å²) in [5.41, 5.74) is 3.01. The van der Waals surface area contributed by atoms with Crippen LogP contribution in [0.25, 0.3) is 0 Å². The molecule has 2 aliphatic rings. The number of hydrogen-bond donors (Lipinski definition) is 0. The summed E-state index contributed by atoms with van der Waals surface area (Å²) in [6.07, 6.45) is 0. The van der Waals surface area contributed by atoms with E-state index in [0.29, 0.717) is 63.5 Å². The molecule has 298 valence electrons.